The number of rotatable bonds is 10. The fraction of sp³-hybridized carbons (Fsp3) is 0.917. The Bertz CT molecular complexity index is 210. The third kappa shape index (κ3) is 9.09. The fourth-order valence-corrected chi connectivity index (χ4v) is 1.53. The number of methoxy groups -OCH3 is 1. The van der Waals surface area contributed by atoms with Gasteiger partial charge in [0.25, 0.3) is 0 Å². The summed E-state index contributed by atoms with van der Waals surface area (Å²) in [6.45, 7) is 5.81. The van der Waals surface area contributed by atoms with Crippen molar-refractivity contribution in [1.29, 1.82) is 0 Å². The van der Waals surface area contributed by atoms with Crippen LogP contribution in [0.1, 0.15) is 13.3 Å². The van der Waals surface area contributed by atoms with Crippen molar-refractivity contribution in [3.63, 3.8) is 0 Å². The summed E-state index contributed by atoms with van der Waals surface area (Å²) >= 11 is 0. The minimum atomic E-state index is -0.730. The molecule has 0 rings (SSSR count). The molecule has 0 spiro atoms. The number of carboxylic acid groups (broad SMARTS) is 1. The number of ether oxygens (including phenoxy) is 1. The molecule has 1 unspecified atom stereocenters. The van der Waals surface area contributed by atoms with Crippen LogP contribution in [0.2, 0.25) is 0 Å². The molecule has 5 nitrogen and oxygen atoms in total. The molecule has 0 aromatic carbocycles. The van der Waals surface area contributed by atoms with Crippen LogP contribution in [0.5, 0.6) is 0 Å². The molecule has 0 aliphatic carbocycles. The molecule has 5 heteroatoms. The van der Waals surface area contributed by atoms with E-state index in [4.69, 9.17) is 9.84 Å². The van der Waals surface area contributed by atoms with Gasteiger partial charge in [0.05, 0.1) is 5.92 Å². The zero-order valence-electron chi connectivity index (χ0n) is 11.5. The molecule has 0 aromatic heterocycles. The summed E-state index contributed by atoms with van der Waals surface area (Å²) in [5.41, 5.74) is 0. The van der Waals surface area contributed by atoms with Gasteiger partial charge in [0.2, 0.25) is 0 Å². The predicted molar refractivity (Wildman–Crippen MR) is 68.3 cm³/mol. The first-order valence-corrected chi connectivity index (χ1v) is 6.06. The van der Waals surface area contributed by atoms with Crippen LogP contribution < -0.4 is 0 Å². The normalized spacial score (nSPS) is 13.3. The van der Waals surface area contributed by atoms with E-state index in [-0.39, 0.29) is 5.92 Å². The minimum Gasteiger partial charge on any atom is -0.481 e. The lowest BCUT2D eigenvalue weighted by molar-refractivity contribution is -0.141. The Balaban J connectivity index is 4.04. The summed E-state index contributed by atoms with van der Waals surface area (Å²) in [6.07, 6.45) is 0.941. The number of hydrogen-bond acceptors (Lipinski definition) is 4. The third-order valence-corrected chi connectivity index (χ3v) is 2.64. The molecule has 102 valence electrons. The van der Waals surface area contributed by atoms with E-state index in [2.05, 4.69) is 9.80 Å². The van der Waals surface area contributed by atoms with Crippen molar-refractivity contribution >= 4 is 5.97 Å². The highest BCUT2D eigenvalue weighted by molar-refractivity contribution is 5.69. The average Bonchev–Trinajstić information content (AvgIpc) is 2.25. The van der Waals surface area contributed by atoms with E-state index in [1.807, 2.05) is 14.1 Å². The van der Waals surface area contributed by atoms with Crippen LogP contribution >= 0.6 is 0 Å². The highest BCUT2D eigenvalue weighted by Crippen LogP contribution is 2.02. The topological polar surface area (TPSA) is 53.0 Å². The number of carboxylic acids is 1. The highest BCUT2D eigenvalue weighted by Gasteiger charge is 2.15. The molecule has 1 N–H and O–H groups in total. The maximum Gasteiger partial charge on any atom is 0.307 e. The van der Waals surface area contributed by atoms with Crippen LogP contribution in [0.4, 0.5) is 0 Å². The van der Waals surface area contributed by atoms with Crippen molar-refractivity contribution < 1.29 is 14.6 Å². The van der Waals surface area contributed by atoms with Crippen molar-refractivity contribution in [3.05, 3.63) is 0 Å². The summed E-state index contributed by atoms with van der Waals surface area (Å²) in [4.78, 5) is 15.1. The van der Waals surface area contributed by atoms with Gasteiger partial charge in [-0.15, -0.1) is 0 Å². The summed E-state index contributed by atoms with van der Waals surface area (Å²) in [7, 11) is 5.73. The molecule has 17 heavy (non-hydrogen) atoms. The molecule has 0 saturated carbocycles. The van der Waals surface area contributed by atoms with Crippen LogP contribution in [0.3, 0.4) is 0 Å². The maximum absolute atomic E-state index is 10.8. The Morgan fingerprint density at radius 1 is 1.29 bits per heavy atom. The van der Waals surface area contributed by atoms with Crippen molar-refractivity contribution in [3.8, 4) is 0 Å². The fourth-order valence-electron chi connectivity index (χ4n) is 1.53. The SMILES string of the molecule is COCCCN(CCN(C)C)CC(C)C(=O)O. The maximum atomic E-state index is 10.8. The standard InChI is InChI=1S/C12H26N2O3/c1-11(12(15)16)10-14(6-5-9-17-4)8-7-13(2)3/h11H,5-10H2,1-4H3,(H,15,16). The van der Waals surface area contributed by atoms with Crippen LogP contribution in [0, 0.1) is 5.92 Å². The summed E-state index contributed by atoms with van der Waals surface area (Å²) < 4.78 is 5.02. The first kappa shape index (κ1) is 16.4. The second kappa shape index (κ2) is 9.39. The van der Waals surface area contributed by atoms with Gasteiger partial charge in [-0.2, -0.15) is 0 Å². The number of carbonyl (C=O) groups is 1. The zero-order chi connectivity index (χ0) is 13.3. The van der Waals surface area contributed by atoms with Gasteiger partial charge < -0.3 is 19.6 Å². The van der Waals surface area contributed by atoms with Gasteiger partial charge in [0.15, 0.2) is 0 Å². The van der Waals surface area contributed by atoms with Crippen molar-refractivity contribution in [1.82, 2.24) is 9.80 Å². The van der Waals surface area contributed by atoms with E-state index >= 15 is 0 Å². The zero-order valence-corrected chi connectivity index (χ0v) is 11.5. The lowest BCUT2D eigenvalue weighted by Crippen LogP contribution is -2.37. The number of likely N-dealkylation sites (N-methyl/N-ethyl adjacent to an activating group) is 1. The predicted octanol–water partition coefficient (Wildman–Crippen LogP) is 0.607. The lowest BCUT2D eigenvalue weighted by atomic mass is 10.1. The molecule has 0 bridgehead atoms. The van der Waals surface area contributed by atoms with Gasteiger partial charge in [-0.3, -0.25) is 4.79 Å². The monoisotopic (exact) mass is 246 g/mol. The molecule has 0 aliphatic heterocycles. The van der Waals surface area contributed by atoms with Gasteiger partial charge in [0, 0.05) is 39.9 Å². The lowest BCUT2D eigenvalue weighted by Gasteiger charge is -2.25. The Hall–Kier alpha value is -0.650. The van der Waals surface area contributed by atoms with Gasteiger partial charge in [-0.05, 0) is 20.5 Å². The summed E-state index contributed by atoms with van der Waals surface area (Å²) in [5.74, 6) is -1.05. The molecule has 0 radical (unpaired) electrons. The number of aliphatic carboxylic acids is 1. The molecule has 0 aromatic rings. The van der Waals surface area contributed by atoms with Crippen molar-refractivity contribution in [2.24, 2.45) is 5.92 Å². The second-order valence-electron chi connectivity index (χ2n) is 4.69. The third-order valence-electron chi connectivity index (χ3n) is 2.64. The van der Waals surface area contributed by atoms with Gasteiger partial charge in [-0.25, -0.2) is 0 Å². The summed E-state index contributed by atoms with van der Waals surface area (Å²) in [6, 6.07) is 0. The Labute approximate surface area is 104 Å². The second-order valence-corrected chi connectivity index (χ2v) is 4.69. The highest BCUT2D eigenvalue weighted by atomic mass is 16.5. The quantitative estimate of drug-likeness (QED) is 0.572. The van der Waals surface area contributed by atoms with Crippen LogP contribution in [0.15, 0.2) is 0 Å². The first-order chi connectivity index (χ1) is 7.97. The van der Waals surface area contributed by atoms with Gasteiger partial charge >= 0.3 is 5.97 Å². The number of nitrogens with zero attached hydrogens (tertiary/aromatic N) is 2. The van der Waals surface area contributed by atoms with Crippen molar-refractivity contribution in [2.75, 3.05) is 54.0 Å². The van der Waals surface area contributed by atoms with Crippen LogP contribution in [-0.2, 0) is 9.53 Å². The molecular weight excluding hydrogens is 220 g/mol. The molecule has 0 aliphatic rings. The molecule has 0 heterocycles. The Kier molecular flexibility index (Phi) is 9.03. The van der Waals surface area contributed by atoms with Crippen LogP contribution in [-0.4, -0.2) is 74.9 Å². The Morgan fingerprint density at radius 2 is 1.94 bits per heavy atom. The molecule has 0 fully saturated rings. The molecule has 0 saturated heterocycles. The van der Waals surface area contributed by atoms with Crippen LogP contribution in [0.25, 0.3) is 0 Å². The van der Waals surface area contributed by atoms with E-state index in [1.165, 1.54) is 0 Å². The molecule has 0 amide bonds. The minimum absolute atomic E-state index is 0.320. The van der Waals surface area contributed by atoms with E-state index in [1.54, 1.807) is 14.0 Å². The van der Waals surface area contributed by atoms with Gasteiger partial charge in [-0.1, -0.05) is 6.92 Å². The first-order valence-electron chi connectivity index (χ1n) is 6.06. The van der Waals surface area contributed by atoms with E-state index in [0.717, 1.165) is 32.7 Å². The Morgan fingerprint density at radius 3 is 2.41 bits per heavy atom. The largest absolute Gasteiger partial charge is 0.481 e. The van der Waals surface area contributed by atoms with E-state index in [9.17, 15) is 4.79 Å². The smallest absolute Gasteiger partial charge is 0.307 e. The van der Waals surface area contributed by atoms with E-state index in [0.29, 0.717) is 6.54 Å². The van der Waals surface area contributed by atoms with Gasteiger partial charge in [0.1, 0.15) is 0 Å². The number of hydrogen-bond donors (Lipinski definition) is 1. The molecular formula is C12H26N2O3. The average molecular weight is 246 g/mol. The van der Waals surface area contributed by atoms with E-state index < -0.39 is 5.97 Å². The molecule has 1 atom stereocenters. The summed E-state index contributed by atoms with van der Waals surface area (Å²) in [5, 5.41) is 8.92. The van der Waals surface area contributed by atoms with Crippen molar-refractivity contribution in [2.45, 2.75) is 13.3 Å².